The largest absolute Gasteiger partial charge is 0.477 e. The first kappa shape index (κ1) is 53.3. The van der Waals surface area contributed by atoms with Gasteiger partial charge in [0.15, 0.2) is 12.1 Å². The van der Waals surface area contributed by atoms with Gasteiger partial charge in [-0.2, -0.15) is 0 Å². The van der Waals surface area contributed by atoms with Gasteiger partial charge in [-0.3, -0.25) is 9.59 Å². The molecule has 0 aliphatic carbocycles. The second-order valence-corrected chi connectivity index (χ2v) is 16.3. The number of aliphatic carboxylic acids is 1. The number of carbonyl (C=O) groups is 3. The lowest BCUT2D eigenvalue weighted by Crippen LogP contribution is -2.50. The average molecular weight is 789 g/mol. The van der Waals surface area contributed by atoms with Crippen molar-refractivity contribution in [2.24, 2.45) is 0 Å². The Labute approximate surface area is 344 Å². The fourth-order valence-electron chi connectivity index (χ4n) is 6.39. The molecule has 0 aliphatic heterocycles. The van der Waals surface area contributed by atoms with Gasteiger partial charge >= 0.3 is 17.9 Å². The highest BCUT2D eigenvalue weighted by Gasteiger charge is 2.31. The number of carboxylic acids is 1. The maximum atomic E-state index is 12.7. The smallest absolute Gasteiger partial charge is 0.362 e. The molecule has 56 heavy (non-hydrogen) atoms. The number of carbonyl (C=O) groups excluding carboxylic acids is 2. The molecular formula is C48H86NO7+. The highest BCUT2D eigenvalue weighted by atomic mass is 16.6. The molecule has 0 aromatic rings. The molecule has 0 saturated heterocycles. The first-order chi connectivity index (χ1) is 27.1. The highest BCUT2D eigenvalue weighted by Crippen LogP contribution is 2.13. The minimum absolute atomic E-state index is 0.0525. The van der Waals surface area contributed by atoms with Gasteiger partial charge in [-0.1, -0.05) is 140 Å². The number of quaternary nitrogens is 1. The summed E-state index contributed by atoms with van der Waals surface area (Å²) < 4.78 is 17.3. The van der Waals surface area contributed by atoms with Gasteiger partial charge in [-0.15, -0.1) is 0 Å². The molecule has 0 saturated carbocycles. The highest BCUT2D eigenvalue weighted by molar-refractivity contribution is 5.72. The van der Waals surface area contributed by atoms with Gasteiger partial charge in [-0.05, 0) is 77.0 Å². The molecule has 0 aromatic carbocycles. The van der Waals surface area contributed by atoms with Gasteiger partial charge < -0.3 is 23.8 Å². The molecule has 0 fully saturated rings. The fourth-order valence-corrected chi connectivity index (χ4v) is 6.39. The average Bonchev–Trinajstić information content (AvgIpc) is 3.15. The predicted molar refractivity (Wildman–Crippen MR) is 234 cm³/mol. The minimum Gasteiger partial charge on any atom is -0.477 e. The van der Waals surface area contributed by atoms with Crippen LogP contribution in [0.25, 0.3) is 0 Å². The summed E-state index contributed by atoms with van der Waals surface area (Å²) in [7, 11) is 5.52. The summed E-state index contributed by atoms with van der Waals surface area (Å²) in [4.78, 5) is 37.0. The van der Waals surface area contributed by atoms with E-state index in [0.29, 0.717) is 19.3 Å². The summed E-state index contributed by atoms with van der Waals surface area (Å²) in [5, 5.41) is 9.62. The normalized spacial score (nSPS) is 13.4. The molecule has 0 radical (unpaired) electrons. The molecule has 0 heterocycles. The molecule has 0 aliphatic rings. The Hall–Kier alpha value is -2.71. The molecule has 2 unspecified atom stereocenters. The van der Waals surface area contributed by atoms with Crippen LogP contribution in [-0.2, 0) is 28.6 Å². The number of hydrogen-bond donors (Lipinski definition) is 1. The summed E-state index contributed by atoms with van der Waals surface area (Å²) in [6, 6.07) is -0.619. The number of nitrogens with zero attached hydrogens (tertiary/aromatic N) is 1. The zero-order chi connectivity index (χ0) is 41.4. The first-order valence-electron chi connectivity index (χ1n) is 22.7. The molecule has 0 spiro atoms. The molecule has 8 heteroatoms. The Morgan fingerprint density at radius 1 is 0.536 bits per heavy atom. The van der Waals surface area contributed by atoms with Crippen molar-refractivity contribution < 1.29 is 38.2 Å². The van der Waals surface area contributed by atoms with Gasteiger partial charge in [0.1, 0.15) is 6.61 Å². The van der Waals surface area contributed by atoms with Crippen LogP contribution in [0.5, 0.6) is 0 Å². The van der Waals surface area contributed by atoms with Crippen molar-refractivity contribution in [2.45, 2.75) is 199 Å². The summed E-state index contributed by atoms with van der Waals surface area (Å²) in [5.41, 5.74) is 0. The standard InChI is InChI=1S/C48H85NO7/c1-6-8-10-12-14-16-18-20-21-22-23-24-25-27-29-31-33-35-37-39-47(51)56-44(42-54-41-40-45(48(52)53)49(3,4)5)43-55-46(50)38-36-34-32-30-28-26-19-17-15-13-11-9-7-2/h14,16-17,19-21,23-24,44-45H,6-13,15,18,22,25-43H2,1-5H3/p+1/b16-14-,19-17-,21-20-,24-23-. The molecule has 324 valence electrons. The molecule has 8 nitrogen and oxygen atoms in total. The van der Waals surface area contributed by atoms with Crippen molar-refractivity contribution in [1.29, 1.82) is 0 Å². The number of carboxylic acid groups (broad SMARTS) is 1. The van der Waals surface area contributed by atoms with Crippen molar-refractivity contribution in [3.05, 3.63) is 48.6 Å². The van der Waals surface area contributed by atoms with Crippen molar-refractivity contribution in [2.75, 3.05) is 41.0 Å². The summed E-state index contributed by atoms with van der Waals surface area (Å²) in [5.74, 6) is -1.50. The molecule has 0 amide bonds. The van der Waals surface area contributed by atoms with Crippen molar-refractivity contribution in [1.82, 2.24) is 0 Å². The van der Waals surface area contributed by atoms with Gasteiger partial charge in [0.05, 0.1) is 34.4 Å². The van der Waals surface area contributed by atoms with E-state index in [2.05, 4.69) is 62.5 Å². The van der Waals surface area contributed by atoms with E-state index in [1.165, 1.54) is 77.0 Å². The Bertz CT molecular complexity index is 1060. The third-order valence-corrected chi connectivity index (χ3v) is 9.95. The number of allylic oxidation sites excluding steroid dienone is 8. The zero-order valence-corrected chi connectivity index (χ0v) is 36.8. The lowest BCUT2D eigenvalue weighted by atomic mass is 10.1. The van der Waals surface area contributed by atoms with E-state index in [1.807, 2.05) is 21.1 Å². The third-order valence-electron chi connectivity index (χ3n) is 9.95. The molecule has 0 bridgehead atoms. The van der Waals surface area contributed by atoms with E-state index >= 15 is 0 Å². The maximum absolute atomic E-state index is 12.7. The zero-order valence-electron chi connectivity index (χ0n) is 36.8. The van der Waals surface area contributed by atoms with E-state index in [0.717, 1.165) is 77.0 Å². The lowest BCUT2D eigenvalue weighted by Gasteiger charge is -2.31. The Kier molecular flexibility index (Phi) is 37.2. The lowest BCUT2D eigenvalue weighted by molar-refractivity contribution is -0.887. The number of hydrogen-bond acceptors (Lipinski definition) is 6. The number of unbranched alkanes of at least 4 members (excludes halogenated alkanes) is 18. The van der Waals surface area contributed by atoms with Crippen LogP contribution in [0.1, 0.15) is 187 Å². The number of esters is 2. The van der Waals surface area contributed by atoms with Crippen molar-refractivity contribution >= 4 is 17.9 Å². The van der Waals surface area contributed by atoms with Crippen LogP contribution in [0, 0.1) is 0 Å². The van der Waals surface area contributed by atoms with E-state index in [-0.39, 0.29) is 36.2 Å². The Morgan fingerprint density at radius 2 is 0.946 bits per heavy atom. The number of likely N-dealkylation sites (N-methyl/N-ethyl adjacent to an activating group) is 1. The van der Waals surface area contributed by atoms with Crippen LogP contribution in [0.4, 0.5) is 0 Å². The van der Waals surface area contributed by atoms with Gasteiger partial charge in [-0.25, -0.2) is 4.79 Å². The molecule has 0 rings (SSSR count). The minimum atomic E-state index is -0.879. The van der Waals surface area contributed by atoms with E-state index in [9.17, 15) is 19.5 Å². The van der Waals surface area contributed by atoms with Crippen molar-refractivity contribution in [3.63, 3.8) is 0 Å². The summed E-state index contributed by atoms with van der Waals surface area (Å²) in [6.07, 6.45) is 45.7. The van der Waals surface area contributed by atoms with E-state index < -0.39 is 18.1 Å². The van der Waals surface area contributed by atoms with Gasteiger partial charge in [0, 0.05) is 19.3 Å². The Balaban J connectivity index is 4.36. The van der Waals surface area contributed by atoms with E-state index in [4.69, 9.17) is 14.2 Å². The Morgan fingerprint density at radius 3 is 1.45 bits per heavy atom. The SMILES string of the molecule is CCCCC/C=C\C/C=C\C/C=C\CCCCCCCCC(=O)OC(COCCC(C(=O)O)[N+](C)(C)C)COC(=O)CCCCCCC/C=C\CCCCCC. The van der Waals surface area contributed by atoms with Gasteiger partial charge in [0.25, 0.3) is 0 Å². The molecular weight excluding hydrogens is 703 g/mol. The molecule has 1 N–H and O–H groups in total. The first-order valence-corrected chi connectivity index (χ1v) is 22.7. The summed E-state index contributed by atoms with van der Waals surface area (Å²) in [6.45, 7) is 4.67. The second kappa shape index (κ2) is 39.1. The number of ether oxygens (including phenoxy) is 3. The van der Waals surface area contributed by atoms with Crippen LogP contribution >= 0.6 is 0 Å². The monoisotopic (exact) mass is 789 g/mol. The van der Waals surface area contributed by atoms with Crippen LogP contribution < -0.4 is 0 Å². The quantitative estimate of drug-likeness (QED) is 0.0286. The van der Waals surface area contributed by atoms with Gasteiger partial charge in [0.2, 0.25) is 0 Å². The van der Waals surface area contributed by atoms with Crippen LogP contribution in [-0.4, -0.2) is 80.6 Å². The predicted octanol–water partition coefficient (Wildman–Crippen LogP) is 12.4. The third kappa shape index (κ3) is 36.9. The topological polar surface area (TPSA) is 99.1 Å². The fraction of sp³-hybridized carbons (Fsp3) is 0.771. The molecule has 2 atom stereocenters. The van der Waals surface area contributed by atoms with Crippen LogP contribution in [0.3, 0.4) is 0 Å². The maximum Gasteiger partial charge on any atom is 0.362 e. The van der Waals surface area contributed by atoms with E-state index in [1.54, 1.807) is 0 Å². The van der Waals surface area contributed by atoms with Crippen molar-refractivity contribution in [3.8, 4) is 0 Å². The second-order valence-electron chi connectivity index (χ2n) is 16.3. The van der Waals surface area contributed by atoms with Crippen LogP contribution in [0.15, 0.2) is 48.6 Å². The van der Waals surface area contributed by atoms with Crippen LogP contribution in [0.2, 0.25) is 0 Å². The number of rotatable bonds is 40. The summed E-state index contributed by atoms with van der Waals surface area (Å²) >= 11 is 0. The molecule has 0 aromatic heterocycles.